The molecule has 24 heavy (non-hydrogen) atoms. The van der Waals surface area contributed by atoms with Crippen LogP contribution in [0.1, 0.15) is 20.8 Å². The van der Waals surface area contributed by atoms with Crippen LogP contribution in [0.2, 0.25) is 0 Å². The third-order valence-corrected chi connectivity index (χ3v) is 3.73. The van der Waals surface area contributed by atoms with Gasteiger partial charge in [-0.15, -0.1) is 0 Å². The van der Waals surface area contributed by atoms with Crippen molar-refractivity contribution in [2.75, 3.05) is 10.2 Å². The highest BCUT2D eigenvalue weighted by Gasteiger charge is 2.39. The van der Waals surface area contributed by atoms with Gasteiger partial charge in [0.05, 0.1) is 0 Å². The van der Waals surface area contributed by atoms with Crippen LogP contribution in [0.25, 0.3) is 0 Å². The molecule has 1 N–H and O–H groups in total. The summed E-state index contributed by atoms with van der Waals surface area (Å²) in [5.74, 6) is -0.554. The summed E-state index contributed by atoms with van der Waals surface area (Å²) in [5.41, 5.74) is 0.622. The monoisotopic (exact) mass is 322 g/mol. The Morgan fingerprint density at radius 1 is 0.958 bits per heavy atom. The molecule has 4 heteroatoms. The highest BCUT2D eigenvalue weighted by Crippen LogP contribution is 2.27. The molecule has 0 aliphatic carbocycles. The van der Waals surface area contributed by atoms with Gasteiger partial charge in [0.2, 0.25) is 5.91 Å². The van der Waals surface area contributed by atoms with Gasteiger partial charge in [-0.3, -0.25) is 14.5 Å². The maximum atomic E-state index is 12.8. The average molecular weight is 322 g/mol. The van der Waals surface area contributed by atoms with E-state index >= 15 is 0 Å². The predicted molar refractivity (Wildman–Crippen MR) is 97.9 cm³/mol. The van der Waals surface area contributed by atoms with E-state index in [2.05, 4.69) is 11.9 Å². The highest BCUT2D eigenvalue weighted by molar-refractivity contribution is 6.12. The fourth-order valence-corrected chi connectivity index (χ4v) is 2.37. The fraction of sp³-hybridized carbons (Fsp3) is 0.200. The maximum absolute atomic E-state index is 12.8. The van der Waals surface area contributed by atoms with Crippen LogP contribution in [0.4, 0.5) is 11.4 Å². The number of carbonyl (C=O) groups excluding carboxylic acids is 2. The lowest BCUT2D eigenvalue weighted by Crippen LogP contribution is -2.55. The zero-order valence-electron chi connectivity index (χ0n) is 14.2. The van der Waals surface area contributed by atoms with Crippen molar-refractivity contribution >= 4 is 23.2 Å². The van der Waals surface area contributed by atoms with Crippen molar-refractivity contribution in [1.82, 2.24) is 0 Å². The Morgan fingerprint density at radius 3 is 1.96 bits per heavy atom. The smallest absolute Gasteiger partial charge is 0.254 e. The van der Waals surface area contributed by atoms with Crippen LogP contribution < -0.4 is 10.2 Å². The van der Waals surface area contributed by atoms with E-state index in [-0.39, 0.29) is 11.8 Å². The molecule has 0 aliphatic heterocycles. The molecule has 124 valence electrons. The molecule has 0 saturated carbocycles. The molecule has 0 heterocycles. The second-order valence-corrected chi connectivity index (χ2v) is 6.14. The first-order valence-electron chi connectivity index (χ1n) is 7.75. The van der Waals surface area contributed by atoms with Crippen LogP contribution in [0, 0.1) is 0 Å². The van der Waals surface area contributed by atoms with E-state index in [1.165, 1.54) is 4.90 Å². The van der Waals surface area contributed by atoms with Crippen LogP contribution in [-0.2, 0) is 9.59 Å². The lowest BCUT2D eigenvalue weighted by atomic mass is 9.98. The van der Waals surface area contributed by atoms with Crippen molar-refractivity contribution in [3.05, 3.63) is 72.8 Å². The van der Waals surface area contributed by atoms with Gasteiger partial charge in [-0.05, 0) is 45.0 Å². The molecule has 2 amide bonds. The van der Waals surface area contributed by atoms with Crippen molar-refractivity contribution in [1.29, 1.82) is 0 Å². The number of anilines is 2. The maximum Gasteiger partial charge on any atom is 0.254 e. The number of amides is 2. The number of nitrogens with zero attached hydrogens (tertiary/aromatic N) is 1. The molecule has 0 aromatic heterocycles. The first-order valence-corrected chi connectivity index (χ1v) is 7.75. The summed E-state index contributed by atoms with van der Waals surface area (Å²) < 4.78 is 0. The number of carbonyl (C=O) groups is 2. The molecule has 0 radical (unpaired) electrons. The van der Waals surface area contributed by atoms with E-state index in [4.69, 9.17) is 0 Å². The minimum atomic E-state index is -1.09. The Labute approximate surface area is 142 Å². The Morgan fingerprint density at radius 2 is 1.46 bits per heavy atom. The molecule has 2 aromatic carbocycles. The van der Waals surface area contributed by atoms with Crippen LogP contribution in [-0.4, -0.2) is 17.4 Å². The largest absolute Gasteiger partial charge is 0.324 e. The number of para-hydroxylation sites is 2. The van der Waals surface area contributed by atoms with Crippen molar-refractivity contribution < 1.29 is 9.59 Å². The molecule has 2 aromatic rings. The van der Waals surface area contributed by atoms with Crippen LogP contribution in [0.3, 0.4) is 0 Å². The first kappa shape index (κ1) is 17.5. The third-order valence-electron chi connectivity index (χ3n) is 3.73. The van der Waals surface area contributed by atoms with E-state index in [0.29, 0.717) is 16.9 Å². The Bertz CT molecular complexity index is 737. The number of rotatable bonds is 5. The summed E-state index contributed by atoms with van der Waals surface area (Å²) >= 11 is 0. The SMILES string of the molecule is C=C(C)C(=O)N(c1ccccc1)C(C)(C)C(=O)Nc1ccccc1. The molecule has 0 saturated heterocycles. The van der Waals surface area contributed by atoms with Gasteiger partial charge >= 0.3 is 0 Å². The average Bonchev–Trinajstić information content (AvgIpc) is 2.56. The Balaban J connectivity index is 2.38. The van der Waals surface area contributed by atoms with Crippen LogP contribution in [0.15, 0.2) is 72.8 Å². The molecule has 0 fully saturated rings. The van der Waals surface area contributed by atoms with E-state index < -0.39 is 5.54 Å². The van der Waals surface area contributed by atoms with Gasteiger partial charge in [0.1, 0.15) is 5.54 Å². The zero-order chi connectivity index (χ0) is 17.7. The second kappa shape index (κ2) is 7.13. The lowest BCUT2D eigenvalue weighted by Gasteiger charge is -2.37. The first-order chi connectivity index (χ1) is 11.3. The fourth-order valence-electron chi connectivity index (χ4n) is 2.37. The molecule has 2 rings (SSSR count). The van der Waals surface area contributed by atoms with Crippen molar-refractivity contribution in [3.63, 3.8) is 0 Å². The summed E-state index contributed by atoms with van der Waals surface area (Å²) in [6.07, 6.45) is 0. The van der Waals surface area contributed by atoms with Crippen LogP contribution >= 0.6 is 0 Å². The quantitative estimate of drug-likeness (QED) is 0.846. The van der Waals surface area contributed by atoms with Gasteiger partial charge in [0.25, 0.3) is 5.91 Å². The summed E-state index contributed by atoms with van der Waals surface area (Å²) in [6, 6.07) is 18.3. The number of benzene rings is 2. The molecule has 0 bridgehead atoms. The Kier molecular flexibility index (Phi) is 5.19. The second-order valence-electron chi connectivity index (χ2n) is 6.14. The van der Waals surface area contributed by atoms with Gasteiger partial charge in [-0.2, -0.15) is 0 Å². The molecule has 0 atom stereocenters. The number of hydrogen-bond donors (Lipinski definition) is 1. The summed E-state index contributed by atoms with van der Waals surface area (Å²) in [7, 11) is 0. The van der Waals surface area contributed by atoms with E-state index in [9.17, 15) is 9.59 Å². The standard InChI is InChI=1S/C20H22N2O2/c1-15(2)18(23)22(17-13-9-6-10-14-17)20(3,4)19(24)21-16-11-7-5-8-12-16/h5-14H,1H2,2-4H3,(H,21,24). The topological polar surface area (TPSA) is 49.4 Å². The molecular weight excluding hydrogens is 300 g/mol. The van der Waals surface area contributed by atoms with Crippen molar-refractivity contribution in [2.24, 2.45) is 0 Å². The Hall–Kier alpha value is -2.88. The lowest BCUT2D eigenvalue weighted by molar-refractivity contribution is -0.124. The third kappa shape index (κ3) is 3.71. The van der Waals surface area contributed by atoms with Gasteiger partial charge in [-0.25, -0.2) is 0 Å². The van der Waals surface area contributed by atoms with Crippen molar-refractivity contribution in [2.45, 2.75) is 26.3 Å². The molecule has 0 unspecified atom stereocenters. The highest BCUT2D eigenvalue weighted by atomic mass is 16.2. The predicted octanol–water partition coefficient (Wildman–Crippen LogP) is 4.01. The zero-order valence-corrected chi connectivity index (χ0v) is 14.2. The van der Waals surface area contributed by atoms with Crippen molar-refractivity contribution in [3.8, 4) is 0 Å². The molecule has 0 aliphatic rings. The molecule has 4 nitrogen and oxygen atoms in total. The van der Waals surface area contributed by atoms with E-state index in [0.717, 1.165) is 0 Å². The van der Waals surface area contributed by atoms with E-state index in [1.54, 1.807) is 45.0 Å². The summed E-state index contributed by atoms with van der Waals surface area (Å²) in [6.45, 7) is 8.82. The minimum absolute atomic E-state index is 0.271. The summed E-state index contributed by atoms with van der Waals surface area (Å²) in [5, 5.41) is 2.86. The molecular formula is C20H22N2O2. The normalized spacial score (nSPS) is 10.8. The summed E-state index contributed by atoms with van der Waals surface area (Å²) in [4.78, 5) is 27.0. The van der Waals surface area contributed by atoms with Crippen LogP contribution in [0.5, 0.6) is 0 Å². The minimum Gasteiger partial charge on any atom is -0.324 e. The number of hydrogen-bond acceptors (Lipinski definition) is 2. The van der Waals surface area contributed by atoms with Gasteiger partial charge < -0.3 is 5.32 Å². The van der Waals surface area contributed by atoms with Gasteiger partial charge in [0, 0.05) is 16.9 Å². The molecule has 0 spiro atoms. The van der Waals surface area contributed by atoms with E-state index in [1.807, 2.05) is 36.4 Å². The van der Waals surface area contributed by atoms with Gasteiger partial charge in [-0.1, -0.05) is 43.0 Å². The van der Waals surface area contributed by atoms with Gasteiger partial charge in [0.15, 0.2) is 0 Å². The number of nitrogens with one attached hydrogen (secondary N) is 1.